The van der Waals surface area contributed by atoms with E-state index in [-0.39, 0.29) is 0 Å². The minimum atomic E-state index is 0.595. The molecule has 0 amide bonds. The number of aromatic nitrogens is 5. The van der Waals surface area contributed by atoms with Gasteiger partial charge in [-0.1, -0.05) is 6.92 Å². The molecule has 0 spiro atoms. The summed E-state index contributed by atoms with van der Waals surface area (Å²) in [7, 11) is 0. The predicted molar refractivity (Wildman–Crippen MR) is 78.6 cm³/mol. The number of anilines is 2. The van der Waals surface area contributed by atoms with Gasteiger partial charge in [0, 0.05) is 24.8 Å². The molecular weight excluding hydrogens is 254 g/mol. The van der Waals surface area contributed by atoms with Gasteiger partial charge in [0.05, 0.1) is 6.54 Å². The molecule has 0 fully saturated rings. The lowest BCUT2D eigenvalue weighted by atomic mass is 10.4. The Kier molecular flexibility index (Phi) is 4.86. The van der Waals surface area contributed by atoms with E-state index in [0.29, 0.717) is 12.5 Å². The van der Waals surface area contributed by atoms with Crippen molar-refractivity contribution >= 4 is 11.8 Å². The Hall–Kier alpha value is -2.18. The SMILES string of the molecule is CCCNc1nc(C)cc(NCc2nncn2CC)n1. The fourth-order valence-corrected chi connectivity index (χ4v) is 1.82. The molecule has 0 atom stereocenters. The van der Waals surface area contributed by atoms with Crippen LogP contribution in [0.4, 0.5) is 11.8 Å². The molecule has 0 aliphatic rings. The standard InChI is InChI=1S/C13H21N7/c1-4-6-14-13-17-10(3)7-11(18-13)15-8-12-19-16-9-20(12)5-2/h7,9H,4-6,8H2,1-3H3,(H2,14,15,17,18). The van der Waals surface area contributed by atoms with Gasteiger partial charge < -0.3 is 15.2 Å². The summed E-state index contributed by atoms with van der Waals surface area (Å²) in [5.74, 6) is 2.35. The highest BCUT2D eigenvalue weighted by Crippen LogP contribution is 2.10. The molecule has 108 valence electrons. The summed E-state index contributed by atoms with van der Waals surface area (Å²) in [6.07, 6.45) is 2.77. The van der Waals surface area contributed by atoms with Crippen molar-refractivity contribution in [3.8, 4) is 0 Å². The van der Waals surface area contributed by atoms with Crippen LogP contribution >= 0.6 is 0 Å². The number of nitrogens with one attached hydrogen (secondary N) is 2. The molecule has 2 heterocycles. The van der Waals surface area contributed by atoms with Crippen LogP contribution in [0.5, 0.6) is 0 Å². The van der Waals surface area contributed by atoms with Gasteiger partial charge >= 0.3 is 0 Å². The molecule has 0 saturated heterocycles. The summed E-state index contributed by atoms with van der Waals surface area (Å²) in [6.45, 7) is 8.45. The summed E-state index contributed by atoms with van der Waals surface area (Å²) < 4.78 is 2.00. The minimum absolute atomic E-state index is 0.595. The summed E-state index contributed by atoms with van der Waals surface area (Å²) in [4.78, 5) is 8.79. The third-order valence-electron chi connectivity index (χ3n) is 2.85. The minimum Gasteiger partial charge on any atom is -0.363 e. The maximum Gasteiger partial charge on any atom is 0.224 e. The molecule has 20 heavy (non-hydrogen) atoms. The molecule has 2 rings (SSSR count). The van der Waals surface area contributed by atoms with Crippen molar-refractivity contribution < 1.29 is 0 Å². The monoisotopic (exact) mass is 275 g/mol. The Bertz CT molecular complexity index is 549. The molecular formula is C13H21N7. The maximum atomic E-state index is 4.44. The van der Waals surface area contributed by atoms with Crippen molar-refractivity contribution in [2.45, 2.75) is 40.3 Å². The van der Waals surface area contributed by atoms with E-state index >= 15 is 0 Å². The van der Waals surface area contributed by atoms with Crippen LogP contribution in [-0.2, 0) is 13.1 Å². The first-order valence-corrected chi connectivity index (χ1v) is 6.93. The second kappa shape index (κ2) is 6.83. The predicted octanol–water partition coefficient (Wildman–Crippen LogP) is 1.83. The Labute approximate surface area is 118 Å². The van der Waals surface area contributed by atoms with Gasteiger partial charge in [0.1, 0.15) is 12.1 Å². The molecule has 7 heteroatoms. The first kappa shape index (κ1) is 14.2. The van der Waals surface area contributed by atoms with Crippen molar-refractivity contribution in [1.82, 2.24) is 24.7 Å². The largest absolute Gasteiger partial charge is 0.363 e. The van der Waals surface area contributed by atoms with E-state index < -0.39 is 0 Å². The van der Waals surface area contributed by atoms with Gasteiger partial charge in [-0.25, -0.2) is 4.98 Å². The Balaban J connectivity index is 2.03. The van der Waals surface area contributed by atoms with Gasteiger partial charge in [-0.15, -0.1) is 10.2 Å². The fraction of sp³-hybridized carbons (Fsp3) is 0.538. The zero-order chi connectivity index (χ0) is 14.4. The van der Waals surface area contributed by atoms with Crippen LogP contribution < -0.4 is 10.6 Å². The highest BCUT2D eigenvalue weighted by Gasteiger charge is 2.05. The van der Waals surface area contributed by atoms with Crippen LogP contribution in [0.1, 0.15) is 31.8 Å². The number of hydrogen-bond acceptors (Lipinski definition) is 6. The average molecular weight is 275 g/mol. The molecule has 0 radical (unpaired) electrons. The van der Waals surface area contributed by atoms with Gasteiger partial charge in [-0.05, 0) is 20.3 Å². The van der Waals surface area contributed by atoms with Gasteiger partial charge in [0.25, 0.3) is 0 Å². The summed E-state index contributed by atoms with van der Waals surface area (Å²) >= 11 is 0. The fourth-order valence-electron chi connectivity index (χ4n) is 1.82. The Morgan fingerprint density at radius 3 is 2.80 bits per heavy atom. The van der Waals surface area contributed by atoms with Crippen molar-refractivity contribution in [3.05, 3.63) is 23.9 Å². The lowest BCUT2D eigenvalue weighted by Gasteiger charge is -2.09. The van der Waals surface area contributed by atoms with Crippen LogP contribution in [0.3, 0.4) is 0 Å². The van der Waals surface area contributed by atoms with E-state index in [1.54, 1.807) is 6.33 Å². The van der Waals surface area contributed by atoms with Gasteiger partial charge in [-0.3, -0.25) is 0 Å². The van der Waals surface area contributed by atoms with Crippen molar-refractivity contribution in [3.63, 3.8) is 0 Å². The molecule has 0 aliphatic carbocycles. The number of rotatable bonds is 7. The van der Waals surface area contributed by atoms with E-state index in [9.17, 15) is 0 Å². The Morgan fingerprint density at radius 2 is 2.05 bits per heavy atom. The van der Waals surface area contributed by atoms with Crippen LogP contribution in [-0.4, -0.2) is 31.3 Å². The van der Waals surface area contributed by atoms with Crippen LogP contribution in [0, 0.1) is 6.92 Å². The van der Waals surface area contributed by atoms with Crippen molar-refractivity contribution in [2.75, 3.05) is 17.2 Å². The Morgan fingerprint density at radius 1 is 1.20 bits per heavy atom. The number of aryl methyl sites for hydroxylation is 2. The van der Waals surface area contributed by atoms with E-state index in [2.05, 4.69) is 44.6 Å². The van der Waals surface area contributed by atoms with E-state index in [0.717, 1.165) is 36.8 Å². The molecule has 0 bridgehead atoms. The second-order valence-electron chi connectivity index (χ2n) is 4.53. The molecule has 7 nitrogen and oxygen atoms in total. The molecule has 2 aromatic rings. The molecule has 0 unspecified atom stereocenters. The normalized spacial score (nSPS) is 10.6. The average Bonchev–Trinajstić information content (AvgIpc) is 2.90. The molecule has 0 aromatic carbocycles. The zero-order valence-corrected chi connectivity index (χ0v) is 12.2. The summed E-state index contributed by atoms with van der Waals surface area (Å²) in [6, 6.07) is 1.92. The van der Waals surface area contributed by atoms with E-state index in [1.165, 1.54) is 0 Å². The molecule has 2 aromatic heterocycles. The highest BCUT2D eigenvalue weighted by atomic mass is 15.3. The topological polar surface area (TPSA) is 80.5 Å². The van der Waals surface area contributed by atoms with Crippen LogP contribution in [0.25, 0.3) is 0 Å². The second-order valence-corrected chi connectivity index (χ2v) is 4.53. The quantitative estimate of drug-likeness (QED) is 0.802. The van der Waals surface area contributed by atoms with Crippen molar-refractivity contribution in [2.24, 2.45) is 0 Å². The maximum absolute atomic E-state index is 4.44. The van der Waals surface area contributed by atoms with Gasteiger partial charge in [-0.2, -0.15) is 4.98 Å². The molecule has 2 N–H and O–H groups in total. The first-order chi connectivity index (χ1) is 9.72. The van der Waals surface area contributed by atoms with E-state index in [1.807, 2.05) is 17.6 Å². The summed E-state index contributed by atoms with van der Waals surface area (Å²) in [5, 5.41) is 14.5. The number of nitrogens with zero attached hydrogens (tertiary/aromatic N) is 5. The third-order valence-corrected chi connectivity index (χ3v) is 2.85. The van der Waals surface area contributed by atoms with Crippen molar-refractivity contribution in [1.29, 1.82) is 0 Å². The third kappa shape index (κ3) is 3.66. The van der Waals surface area contributed by atoms with Gasteiger partial charge in [0.15, 0.2) is 5.82 Å². The molecule has 0 saturated carbocycles. The smallest absolute Gasteiger partial charge is 0.224 e. The lowest BCUT2D eigenvalue weighted by Crippen LogP contribution is -2.11. The highest BCUT2D eigenvalue weighted by molar-refractivity contribution is 5.42. The lowest BCUT2D eigenvalue weighted by molar-refractivity contribution is 0.707. The summed E-state index contributed by atoms with van der Waals surface area (Å²) in [5.41, 5.74) is 0.929. The first-order valence-electron chi connectivity index (χ1n) is 6.93. The number of hydrogen-bond donors (Lipinski definition) is 2. The zero-order valence-electron chi connectivity index (χ0n) is 12.2. The van der Waals surface area contributed by atoms with Crippen LogP contribution in [0.2, 0.25) is 0 Å². The van der Waals surface area contributed by atoms with Crippen LogP contribution in [0.15, 0.2) is 12.4 Å². The molecule has 0 aliphatic heterocycles. The van der Waals surface area contributed by atoms with E-state index in [4.69, 9.17) is 0 Å². The van der Waals surface area contributed by atoms with Gasteiger partial charge in [0.2, 0.25) is 5.95 Å².